The fourth-order valence-corrected chi connectivity index (χ4v) is 4.92. The van der Waals surface area contributed by atoms with Crippen LogP contribution in [0, 0.1) is 11.8 Å². The summed E-state index contributed by atoms with van der Waals surface area (Å²) in [6, 6.07) is 11.2. The van der Waals surface area contributed by atoms with Crippen molar-refractivity contribution in [3.63, 3.8) is 0 Å². The Morgan fingerprint density at radius 3 is 2.38 bits per heavy atom. The second-order valence-electron chi connectivity index (χ2n) is 8.33. The molecular weight excluding hydrogens is 428 g/mol. The molecule has 8 heteroatoms. The Morgan fingerprint density at radius 2 is 1.81 bits per heavy atom. The highest BCUT2D eigenvalue weighted by atomic mass is 32.2. The molecule has 1 aliphatic rings. The minimum absolute atomic E-state index is 0.257. The van der Waals surface area contributed by atoms with Crippen molar-refractivity contribution in [3.05, 3.63) is 69.3 Å². The number of carbonyl (C=O) groups is 1. The number of hydrogen-bond donors (Lipinski definition) is 1. The van der Waals surface area contributed by atoms with Crippen molar-refractivity contribution in [3.8, 4) is 0 Å². The second-order valence-corrected chi connectivity index (χ2v) is 10.3. The van der Waals surface area contributed by atoms with Crippen molar-refractivity contribution < 1.29 is 18.3 Å². The zero-order valence-electron chi connectivity index (χ0n) is 18.8. The second kappa shape index (κ2) is 9.24. The maximum Gasteiger partial charge on any atom is 0.300 e. The monoisotopic (exact) mass is 456 g/mol. The summed E-state index contributed by atoms with van der Waals surface area (Å²) in [5.74, 6) is -0.833. The van der Waals surface area contributed by atoms with Crippen molar-refractivity contribution in [1.82, 2.24) is 4.57 Å². The van der Waals surface area contributed by atoms with E-state index in [4.69, 9.17) is 9.90 Å². The Bertz CT molecular complexity index is 1270. The molecule has 1 aromatic heterocycles. The van der Waals surface area contributed by atoms with Crippen molar-refractivity contribution in [2.24, 2.45) is 5.18 Å². The van der Waals surface area contributed by atoms with Gasteiger partial charge in [-0.1, -0.05) is 35.0 Å². The lowest BCUT2D eigenvalue weighted by atomic mass is 10.0. The number of nitrogens with zero attached hydrogens (tertiary/aromatic N) is 2. The zero-order chi connectivity index (χ0) is 23.6. The smallest absolute Gasteiger partial charge is 0.300 e. The van der Waals surface area contributed by atoms with Gasteiger partial charge in [-0.3, -0.25) is 4.79 Å². The molecule has 170 valence electrons. The first kappa shape index (κ1) is 23.7. The van der Waals surface area contributed by atoms with Gasteiger partial charge in [0.1, 0.15) is 6.04 Å². The molecule has 0 aliphatic heterocycles. The van der Waals surface area contributed by atoms with E-state index in [9.17, 15) is 13.3 Å². The van der Waals surface area contributed by atoms with E-state index in [-0.39, 0.29) is 4.90 Å². The van der Waals surface area contributed by atoms with Crippen LogP contribution in [0.25, 0.3) is 10.9 Å². The van der Waals surface area contributed by atoms with Crippen LogP contribution in [-0.4, -0.2) is 30.3 Å². The van der Waals surface area contributed by atoms with Crippen molar-refractivity contribution >= 4 is 26.7 Å². The summed E-state index contributed by atoms with van der Waals surface area (Å²) in [5, 5.41) is 11.6. The van der Waals surface area contributed by atoms with Gasteiger partial charge in [0, 0.05) is 36.4 Å². The van der Waals surface area contributed by atoms with E-state index < -0.39 is 21.8 Å². The van der Waals surface area contributed by atoms with Crippen LogP contribution in [0.2, 0.25) is 0 Å². The summed E-state index contributed by atoms with van der Waals surface area (Å²) in [7, 11) is -3.38. The number of carboxylic acids is 1. The highest BCUT2D eigenvalue weighted by Gasteiger charge is 2.27. The first-order valence-electron chi connectivity index (χ1n) is 10.5. The molecule has 1 aliphatic carbocycles. The molecule has 1 N–H and O–H groups in total. The SMILES string of the molecule is CC(=O)O.Cc1ccc(Cn2c3c(c4cc(S(C)(=O)=O)cc(C(C)N=O)c42)CCC3)cc1. The fraction of sp³-hybridized carbons (Fsp3) is 0.375. The predicted molar refractivity (Wildman–Crippen MR) is 125 cm³/mol. The van der Waals surface area contributed by atoms with Gasteiger partial charge in [-0.25, -0.2) is 8.42 Å². The molecule has 2 aromatic carbocycles. The molecule has 0 bridgehead atoms. The molecule has 0 saturated carbocycles. The molecule has 0 saturated heterocycles. The first-order chi connectivity index (χ1) is 15.0. The quantitative estimate of drug-likeness (QED) is 0.555. The van der Waals surface area contributed by atoms with E-state index in [0.29, 0.717) is 12.1 Å². The van der Waals surface area contributed by atoms with E-state index in [1.54, 1.807) is 19.1 Å². The number of benzene rings is 2. The summed E-state index contributed by atoms with van der Waals surface area (Å²) in [5.41, 5.74) is 6.50. The minimum atomic E-state index is -3.38. The number of sulfone groups is 1. The lowest BCUT2D eigenvalue weighted by Gasteiger charge is -2.15. The summed E-state index contributed by atoms with van der Waals surface area (Å²) in [4.78, 5) is 20.6. The topological polar surface area (TPSA) is 106 Å². The number of aliphatic carboxylic acids is 1. The Labute approximate surface area is 188 Å². The third kappa shape index (κ3) is 4.91. The Morgan fingerprint density at radius 1 is 1.19 bits per heavy atom. The summed E-state index contributed by atoms with van der Waals surface area (Å²) < 4.78 is 26.8. The molecule has 4 rings (SSSR count). The lowest BCUT2D eigenvalue weighted by Crippen LogP contribution is -2.07. The van der Waals surface area contributed by atoms with Crippen LogP contribution in [0.15, 0.2) is 46.5 Å². The molecule has 7 nitrogen and oxygen atoms in total. The molecule has 0 amide bonds. The van der Waals surface area contributed by atoms with Gasteiger partial charge in [0.2, 0.25) is 0 Å². The minimum Gasteiger partial charge on any atom is -0.481 e. The van der Waals surface area contributed by atoms with Crippen LogP contribution in [0.1, 0.15) is 54.3 Å². The van der Waals surface area contributed by atoms with Gasteiger partial charge >= 0.3 is 0 Å². The van der Waals surface area contributed by atoms with E-state index in [1.807, 2.05) is 0 Å². The van der Waals surface area contributed by atoms with Crippen LogP contribution in [0.4, 0.5) is 0 Å². The van der Waals surface area contributed by atoms with Crippen molar-refractivity contribution in [1.29, 1.82) is 0 Å². The predicted octanol–water partition coefficient (Wildman–Crippen LogP) is 4.81. The van der Waals surface area contributed by atoms with E-state index in [1.165, 1.54) is 28.6 Å². The third-order valence-corrected chi connectivity index (χ3v) is 6.81. The average Bonchev–Trinajstić information content (AvgIpc) is 3.30. The molecule has 0 fully saturated rings. The summed E-state index contributed by atoms with van der Waals surface area (Å²) in [6.45, 7) is 5.57. The molecule has 32 heavy (non-hydrogen) atoms. The van der Waals surface area contributed by atoms with Crippen molar-refractivity contribution in [2.45, 2.75) is 57.5 Å². The zero-order valence-corrected chi connectivity index (χ0v) is 19.6. The number of rotatable bonds is 5. The van der Waals surface area contributed by atoms with Crippen LogP contribution in [0.5, 0.6) is 0 Å². The van der Waals surface area contributed by atoms with Gasteiger partial charge in [0.05, 0.1) is 10.4 Å². The third-order valence-electron chi connectivity index (χ3n) is 5.72. The van der Waals surface area contributed by atoms with Crippen LogP contribution < -0.4 is 0 Å². The molecule has 0 radical (unpaired) electrons. The number of fused-ring (bicyclic) bond motifs is 3. The number of aryl methyl sites for hydroxylation is 2. The first-order valence-corrected chi connectivity index (χ1v) is 12.4. The van der Waals surface area contributed by atoms with E-state index in [2.05, 4.69) is 40.9 Å². The van der Waals surface area contributed by atoms with Crippen LogP contribution >= 0.6 is 0 Å². The summed E-state index contributed by atoms with van der Waals surface area (Å²) in [6.07, 6.45) is 4.17. The van der Waals surface area contributed by atoms with E-state index >= 15 is 0 Å². The standard InChI is InChI=1S/C22H24N2O3S.C2H4O2/c1-14-7-9-16(10-8-14)13-24-21-6-4-5-18(21)20-12-17(28(3,26)27)11-19(22(20)24)15(2)23-25;1-2(3)4/h7-12,15H,4-6,13H2,1-3H3;1H3,(H,3,4). The highest BCUT2D eigenvalue weighted by molar-refractivity contribution is 7.90. The Kier molecular flexibility index (Phi) is 6.83. The average molecular weight is 457 g/mol. The fourth-order valence-electron chi connectivity index (χ4n) is 4.25. The number of aromatic nitrogens is 1. The summed E-state index contributed by atoms with van der Waals surface area (Å²) >= 11 is 0. The molecule has 0 spiro atoms. The van der Waals surface area contributed by atoms with Crippen molar-refractivity contribution in [2.75, 3.05) is 6.26 Å². The maximum absolute atomic E-state index is 12.3. The largest absolute Gasteiger partial charge is 0.481 e. The van der Waals surface area contributed by atoms with E-state index in [0.717, 1.165) is 37.1 Å². The molecule has 3 aromatic rings. The Hall–Kier alpha value is -3.00. The number of carboxylic acid groups (broad SMARTS) is 1. The highest BCUT2D eigenvalue weighted by Crippen LogP contribution is 2.39. The van der Waals surface area contributed by atoms with Gasteiger partial charge in [0.15, 0.2) is 9.84 Å². The molecule has 1 unspecified atom stereocenters. The molecule has 1 heterocycles. The normalized spacial score (nSPS) is 13.9. The maximum atomic E-state index is 12.3. The van der Waals surface area contributed by atoms with Crippen LogP contribution in [-0.2, 0) is 34.0 Å². The number of nitroso groups, excluding NO2 is 1. The van der Waals surface area contributed by atoms with Gasteiger partial charge in [0.25, 0.3) is 5.97 Å². The molecular formula is C24H28N2O5S. The van der Waals surface area contributed by atoms with Gasteiger partial charge in [-0.2, -0.15) is 4.91 Å². The Balaban J connectivity index is 0.000000668. The molecule has 1 atom stereocenters. The van der Waals surface area contributed by atoms with Gasteiger partial charge < -0.3 is 9.67 Å². The van der Waals surface area contributed by atoms with Gasteiger partial charge in [-0.15, -0.1) is 0 Å². The number of hydrogen-bond acceptors (Lipinski definition) is 5. The lowest BCUT2D eigenvalue weighted by molar-refractivity contribution is -0.134. The van der Waals surface area contributed by atoms with Gasteiger partial charge in [-0.05, 0) is 56.4 Å². The van der Waals surface area contributed by atoms with Crippen LogP contribution in [0.3, 0.4) is 0 Å².